The first-order chi connectivity index (χ1) is 10.4. The summed E-state index contributed by atoms with van der Waals surface area (Å²) in [5, 5.41) is 0. The van der Waals surface area contributed by atoms with Crippen LogP contribution in [0.15, 0.2) is 0 Å². The molecular formula is C16H57N3O3S. The van der Waals surface area contributed by atoms with E-state index in [0.29, 0.717) is 0 Å². The average Bonchev–Trinajstić information content (AvgIpc) is 2.70. The second-order valence-electron chi connectivity index (χ2n) is 0.0680. The van der Waals surface area contributed by atoms with Gasteiger partial charge in [-0.2, -0.15) is 8.42 Å². The van der Waals surface area contributed by atoms with E-state index in [1.54, 1.807) is 0 Å². The van der Waals surface area contributed by atoms with Gasteiger partial charge >= 0.3 is 11.6 Å². The van der Waals surface area contributed by atoms with Crippen LogP contribution in [0.4, 0.5) is 0 Å². The molecule has 0 rings (SSSR count). The second-order valence-corrected chi connectivity index (χ2v) is 0.204. The Morgan fingerprint density at radius 1 is 0.435 bits per heavy atom. The molecule has 160 valence electrons. The minimum atomic E-state index is -0.750. The molecule has 0 spiro atoms. The predicted molar refractivity (Wildman–Crippen MR) is 118 cm³/mol. The normalized spacial score (nSPS) is 2.87. The summed E-state index contributed by atoms with van der Waals surface area (Å²) in [5.74, 6) is 0. The Morgan fingerprint density at radius 3 is 0.435 bits per heavy atom. The van der Waals surface area contributed by atoms with Crippen molar-refractivity contribution < 1.29 is 13.9 Å². The van der Waals surface area contributed by atoms with Crippen molar-refractivity contribution in [1.29, 1.82) is 0 Å². The van der Waals surface area contributed by atoms with Crippen molar-refractivity contribution in [3.05, 3.63) is 0 Å². The van der Waals surface area contributed by atoms with Gasteiger partial charge in [0.2, 0.25) is 0 Å². The lowest BCUT2D eigenvalue weighted by molar-refractivity contribution is 0.630. The summed E-state index contributed by atoms with van der Waals surface area (Å²) < 4.78 is 16.6. The second kappa shape index (κ2) is 21200. The van der Waals surface area contributed by atoms with Gasteiger partial charge in [0.1, 0.15) is 0 Å². The van der Waals surface area contributed by atoms with Crippen LogP contribution in [0.3, 0.4) is 0 Å². The van der Waals surface area contributed by atoms with Crippen molar-refractivity contribution >= 4 is 11.6 Å². The molecule has 0 fully saturated rings. The fourth-order valence-corrected chi connectivity index (χ4v) is 0. The van der Waals surface area contributed by atoms with E-state index >= 15 is 0 Å². The SMILES string of the molecule is C.CC.CC.CC.CC.CC.CC.CN.CN.CN.O.O=S=O. The van der Waals surface area contributed by atoms with E-state index in [2.05, 4.69) is 17.2 Å². The first kappa shape index (κ1) is 93.6. The lowest BCUT2D eigenvalue weighted by Crippen LogP contribution is -1.69. The van der Waals surface area contributed by atoms with E-state index in [9.17, 15) is 0 Å². The van der Waals surface area contributed by atoms with E-state index in [0.717, 1.165) is 0 Å². The molecule has 0 aromatic heterocycles. The summed E-state index contributed by atoms with van der Waals surface area (Å²) in [6.07, 6.45) is 0. The zero-order chi connectivity index (χ0) is 20.7. The molecule has 0 saturated carbocycles. The predicted octanol–water partition coefficient (Wildman–Crippen LogP) is 4.02. The van der Waals surface area contributed by atoms with Gasteiger partial charge < -0.3 is 22.7 Å². The molecule has 0 radical (unpaired) electrons. The van der Waals surface area contributed by atoms with Crippen LogP contribution in [0, 0.1) is 0 Å². The molecule has 0 bridgehead atoms. The quantitative estimate of drug-likeness (QED) is 0.588. The Balaban J connectivity index is -0.00000000581. The zero-order valence-corrected chi connectivity index (χ0v) is 19.3. The van der Waals surface area contributed by atoms with E-state index in [1.807, 2.05) is 83.1 Å². The Hall–Kier alpha value is -0.340. The van der Waals surface area contributed by atoms with Crippen LogP contribution in [-0.2, 0) is 11.6 Å². The maximum absolute atomic E-state index is 8.29. The van der Waals surface area contributed by atoms with Gasteiger partial charge in [-0.15, -0.1) is 0 Å². The maximum Gasteiger partial charge on any atom is 0.335 e. The van der Waals surface area contributed by atoms with Crippen molar-refractivity contribution in [1.82, 2.24) is 0 Å². The summed E-state index contributed by atoms with van der Waals surface area (Å²) in [5.41, 5.74) is 13.5. The Kier molecular flexibility index (Phi) is 86300. The summed E-state index contributed by atoms with van der Waals surface area (Å²) in [6, 6.07) is 0. The first-order valence-corrected chi connectivity index (χ1v) is 8.73. The minimum absolute atomic E-state index is 0. The van der Waals surface area contributed by atoms with Crippen LogP contribution in [0.2, 0.25) is 0 Å². The molecule has 0 aliphatic heterocycles. The standard InChI is InChI=1S/6C2H6.3CH5N.CH4.O2S.H2O/c9*1-2;;1-3-2;/h6*1-2H3;3*2H2,1H3;1H4;;1H2. The number of hydrogen-bond acceptors (Lipinski definition) is 5. The van der Waals surface area contributed by atoms with Gasteiger partial charge in [0.25, 0.3) is 0 Å². The number of nitrogens with two attached hydrogens (primary N) is 3. The van der Waals surface area contributed by atoms with Gasteiger partial charge in [-0.1, -0.05) is 90.5 Å². The van der Waals surface area contributed by atoms with Crippen molar-refractivity contribution in [2.24, 2.45) is 17.2 Å². The third kappa shape index (κ3) is 72400. The van der Waals surface area contributed by atoms with Gasteiger partial charge in [-0.25, -0.2) is 0 Å². The van der Waals surface area contributed by atoms with Gasteiger partial charge in [0.05, 0.1) is 0 Å². The Bertz CT molecular complexity index is 51.6. The molecule has 23 heavy (non-hydrogen) atoms. The fourth-order valence-electron chi connectivity index (χ4n) is 0. The first-order valence-electron chi connectivity index (χ1n) is 8.07. The lowest BCUT2D eigenvalue weighted by Gasteiger charge is -1.19. The molecule has 0 amide bonds. The van der Waals surface area contributed by atoms with Crippen molar-refractivity contribution in [3.8, 4) is 0 Å². The Labute approximate surface area is 154 Å². The average molecular weight is 372 g/mol. The highest BCUT2D eigenvalue weighted by Gasteiger charge is 1.12. The van der Waals surface area contributed by atoms with Gasteiger partial charge in [-0.3, -0.25) is 0 Å². The van der Waals surface area contributed by atoms with Crippen molar-refractivity contribution in [3.63, 3.8) is 0 Å². The van der Waals surface area contributed by atoms with Crippen LogP contribution in [0.25, 0.3) is 0 Å². The molecule has 0 aromatic carbocycles. The van der Waals surface area contributed by atoms with E-state index in [-0.39, 0.29) is 12.9 Å². The molecule has 0 aromatic rings. The number of rotatable bonds is 0. The minimum Gasteiger partial charge on any atom is -0.412 e. The molecule has 0 heterocycles. The summed E-state index contributed by atoms with van der Waals surface area (Å²) >= 11 is -0.750. The summed E-state index contributed by atoms with van der Waals surface area (Å²) in [6.45, 7) is 24.0. The van der Waals surface area contributed by atoms with Gasteiger partial charge in [0.15, 0.2) is 0 Å². The lowest BCUT2D eigenvalue weighted by atomic mass is 11.0. The molecule has 0 atom stereocenters. The molecule has 0 aliphatic rings. The van der Waals surface area contributed by atoms with Crippen molar-refractivity contribution in [2.75, 3.05) is 21.1 Å². The fraction of sp³-hybridized carbons (Fsp3) is 1.00. The molecular weight excluding hydrogens is 314 g/mol. The van der Waals surface area contributed by atoms with Crippen LogP contribution in [-0.4, -0.2) is 35.0 Å². The van der Waals surface area contributed by atoms with Crippen LogP contribution >= 0.6 is 0 Å². The van der Waals surface area contributed by atoms with Crippen LogP contribution < -0.4 is 17.2 Å². The van der Waals surface area contributed by atoms with Gasteiger partial charge in [0, 0.05) is 0 Å². The highest BCUT2D eigenvalue weighted by atomic mass is 32.1. The maximum atomic E-state index is 8.29. The summed E-state index contributed by atoms with van der Waals surface area (Å²) in [7, 11) is 4.50. The molecule has 0 saturated heterocycles. The van der Waals surface area contributed by atoms with E-state index in [1.165, 1.54) is 21.1 Å². The van der Waals surface area contributed by atoms with Crippen molar-refractivity contribution in [2.45, 2.75) is 90.5 Å². The highest BCUT2D eigenvalue weighted by molar-refractivity contribution is 7.51. The summed E-state index contributed by atoms with van der Waals surface area (Å²) in [4.78, 5) is 0. The third-order valence-corrected chi connectivity index (χ3v) is 0. The van der Waals surface area contributed by atoms with Crippen LogP contribution in [0.1, 0.15) is 90.5 Å². The van der Waals surface area contributed by atoms with E-state index < -0.39 is 11.6 Å². The monoisotopic (exact) mass is 371 g/mol. The molecule has 0 unspecified atom stereocenters. The highest BCUT2D eigenvalue weighted by Crippen LogP contribution is 1.15. The van der Waals surface area contributed by atoms with E-state index in [4.69, 9.17) is 8.42 Å². The van der Waals surface area contributed by atoms with Crippen LogP contribution in [0.5, 0.6) is 0 Å². The van der Waals surface area contributed by atoms with Gasteiger partial charge in [-0.05, 0) is 21.1 Å². The molecule has 7 heteroatoms. The smallest absolute Gasteiger partial charge is 0.335 e. The third-order valence-electron chi connectivity index (χ3n) is 0. The molecule has 8 N–H and O–H groups in total. The molecule has 6 nitrogen and oxygen atoms in total. The topological polar surface area (TPSA) is 144 Å². The molecule has 0 aliphatic carbocycles. The zero-order valence-electron chi connectivity index (χ0n) is 18.5. The largest absolute Gasteiger partial charge is 0.412 e. The Morgan fingerprint density at radius 2 is 0.435 bits per heavy atom. The number of hydrogen-bond donors (Lipinski definition) is 3.